The number of hydrogen-bond acceptors (Lipinski definition) is 1. The minimum atomic E-state index is 0.861. The molecule has 19 heavy (non-hydrogen) atoms. The summed E-state index contributed by atoms with van der Waals surface area (Å²) in [5.74, 6) is 1.06. The van der Waals surface area contributed by atoms with Crippen molar-refractivity contribution in [3.63, 3.8) is 0 Å². The molecule has 106 valence electrons. The molecule has 2 nitrogen and oxygen atoms in total. The lowest BCUT2D eigenvalue weighted by Gasteiger charge is -2.12. The Morgan fingerprint density at radius 1 is 1.05 bits per heavy atom. The van der Waals surface area contributed by atoms with Crippen LogP contribution in [0.3, 0.4) is 0 Å². The standard InChI is InChI=1S/C17H27NO/c1-15-8-9-16(2)17(14-15)19-13-7-3-4-10-18-11-5-6-12-18/h8-9,14H,3-7,10-13H2,1-2H3/p+1. The number of nitrogens with one attached hydrogen (secondary N) is 1. The number of unbranched alkanes of at least 4 members (excludes halogenated alkanes) is 2. The van der Waals surface area contributed by atoms with Crippen molar-refractivity contribution in [3.05, 3.63) is 29.3 Å². The van der Waals surface area contributed by atoms with Crippen LogP contribution in [0.4, 0.5) is 0 Å². The third-order valence-electron chi connectivity index (χ3n) is 4.09. The predicted octanol–water partition coefficient (Wildman–Crippen LogP) is 2.53. The van der Waals surface area contributed by atoms with Gasteiger partial charge in [-0.2, -0.15) is 0 Å². The third kappa shape index (κ3) is 4.87. The van der Waals surface area contributed by atoms with Crippen LogP contribution in [0.15, 0.2) is 18.2 Å². The van der Waals surface area contributed by atoms with E-state index in [0.29, 0.717) is 0 Å². The van der Waals surface area contributed by atoms with Gasteiger partial charge >= 0.3 is 0 Å². The Morgan fingerprint density at radius 3 is 2.63 bits per heavy atom. The van der Waals surface area contributed by atoms with E-state index in [-0.39, 0.29) is 0 Å². The van der Waals surface area contributed by atoms with Gasteiger partial charge in [-0.3, -0.25) is 0 Å². The molecule has 1 fully saturated rings. The molecular formula is C17H28NO+. The molecule has 1 aliphatic heterocycles. The van der Waals surface area contributed by atoms with Crippen LogP contribution in [0.5, 0.6) is 5.75 Å². The number of likely N-dealkylation sites (tertiary alicyclic amines) is 1. The first-order valence-electron chi connectivity index (χ1n) is 7.79. The van der Waals surface area contributed by atoms with E-state index in [2.05, 4.69) is 32.0 Å². The first-order chi connectivity index (χ1) is 9.25. The molecule has 0 radical (unpaired) electrons. The highest BCUT2D eigenvalue weighted by atomic mass is 16.5. The summed E-state index contributed by atoms with van der Waals surface area (Å²) < 4.78 is 5.88. The second-order valence-electron chi connectivity index (χ2n) is 5.89. The lowest BCUT2D eigenvalue weighted by atomic mass is 10.1. The predicted molar refractivity (Wildman–Crippen MR) is 80.1 cm³/mol. The van der Waals surface area contributed by atoms with Crippen LogP contribution in [0, 0.1) is 13.8 Å². The van der Waals surface area contributed by atoms with E-state index in [1.54, 1.807) is 0 Å². The smallest absolute Gasteiger partial charge is 0.122 e. The summed E-state index contributed by atoms with van der Waals surface area (Å²) in [6.07, 6.45) is 6.71. The fraction of sp³-hybridized carbons (Fsp3) is 0.647. The van der Waals surface area contributed by atoms with Crippen LogP contribution in [0.2, 0.25) is 0 Å². The lowest BCUT2D eigenvalue weighted by molar-refractivity contribution is -0.887. The fourth-order valence-corrected chi connectivity index (χ4v) is 2.82. The second-order valence-corrected chi connectivity index (χ2v) is 5.89. The van der Waals surface area contributed by atoms with Gasteiger partial charge in [-0.15, -0.1) is 0 Å². The number of quaternary nitrogens is 1. The van der Waals surface area contributed by atoms with Crippen LogP contribution in [-0.2, 0) is 0 Å². The highest BCUT2D eigenvalue weighted by Crippen LogP contribution is 2.19. The molecule has 2 heteroatoms. The number of aryl methyl sites for hydroxylation is 2. The zero-order valence-corrected chi connectivity index (χ0v) is 12.5. The van der Waals surface area contributed by atoms with Gasteiger partial charge in [-0.05, 0) is 50.3 Å². The first-order valence-corrected chi connectivity index (χ1v) is 7.79. The van der Waals surface area contributed by atoms with Gasteiger partial charge in [-0.1, -0.05) is 12.1 Å². The average Bonchev–Trinajstić information content (AvgIpc) is 2.90. The molecule has 1 heterocycles. The van der Waals surface area contributed by atoms with Crippen molar-refractivity contribution in [2.24, 2.45) is 0 Å². The van der Waals surface area contributed by atoms with Crippen molar-refractivity contribution in [3.8, 4) is 5.75 Å². The van der Waals surface area contributed by atoms with Crippen LogP contribution in [0.1, 0.15) is 43.2 Å². The zero-order chi connectivity index (χ0) is 13.5. The Bertz CT molecular complexity index is 383. The normalized spacial score (nSPS) is 15.9. The Morgan fingerprint density at radius 2 is 1.84 bits per heavy atom. The molecular weight excluding hydrogens is 234 g/mol. The molecule has 0 atom stereocenters. The van der Waals surface area contributed by atoms with E-state index in [4.69, 9.17) is 4.74 Å². The summed E-state index contributed by atoms with van der Waals surface area (Å²) in [7, 11) is 0. The average molecular weight is 262 g/mol. The highest BCUT2D eigenvalue weighted by molar-refractivity contribution is 5.35. The minimum absolute atomic E-state index is 0.861. The van der Waals surface area contributed by atoms with Crippen molar-refractivity contribution in [1.29, 1.82) is 0 Å². The maximum atomic E-state index is 5.88. The van der Waals surface area contributed by atoms with Gasteiger partial charge in [0.25, 0.3) is 0 Å². The monoisotopic (exact) mass is 262 g/mol. The Kier molecular flexibility index (Phi) is 5.71. The maximum Gasteiger partial charge on any atom is 0.122 e. The van der Waals surface area contributed by atoms with Crippen molar-refractivity contribution in [1.82, 2.24) is 0 Å². The molecule has 0 aliphatic carbocycles. The molecule has 0 saturated carbocycles. The summed E-state index contributed by atoms with van der Waals surface area (Å²) in [5.41, 5.74) is 2.52. The minimum Gasteiger partial charge on any atom is -0.493 e. The number of rotatable bonds is 7. The second kappa shape index (κ2) is 7.54. The van der Waals surface area contributed by atoms with Crippen molar-refractivity contribution in [2.75, 3.05) is 26.2 Å². The number of ether oxygens (including phenoxy) is 1. The van der Waals surface area contributed by atoms with E-state index in [9.17, 15) is 0 Å². The van der Waals surface area contributed by atoms with Gasteiger partial charge in [0.2, 0.25) is 0 Å². The van der Waals surface area contributed by atoms with E-state index < -0.39 is 0 Å². The fourth-order valence-electron chi connectivity index (χ4n) is 2.82. The number of hydrogen-bond donors (Lipinski definition) is 1. The molecule has 0 bridgehead atoms. The summed E-state index contributed by atoms with van der Waals surface area (Å²) in [6.45, 7) is 9.26. The first kappa shape index (κ1) is 14.4. The molecule has 1 aromatic rings. The Labute approximate surface area is 117 Å². The van der Waals surface area contributed by atoms with E-state index in [1.807, 2.05) is 4.90 Å². The van der Waals surface area contributed by atoms with Gasteiger partial charge in [0.05, 0.1) is 26.2 Å². The van der Waals surface area contributed by atoms with Crippen LogP contribution < -0.4 is 9.64 Å². The van der Waals surface area contributed by atoms with Crippen molar-refractivity contribution < 1.29 is 9.64 Å². The molecule has 0 amide bonds. The van der Waals surface area contributed by atoms with Crippen molar-refractivity contribution in [2.45, 2.75) is 46.0 Å². The van der Waals surface area contributed by atoms with Gasteiger partial charge in [0.1, 0.15) is 5.75 Å². The SMILES string of the molecule is Cc1ccc(C)c(OCCCCC[NH+]2CCCC2)c1. The Balaban J connectivity index is 1.57. The highest BCUT2D eigenvalue weighted by Gasteiger charge is 2.13. The molecule has 0 unspecified atom stereocenters. The molecule has 1 aromatic carbocycles. The van der Waals surface area contributed by atoms with Gasteiger partial charge < -0.3 is 9.64 Å². The molecule has 1 saturated heterocycles. The summed E-state index contributed by atoms with van der Waals surface area (Å²) >= 11 is 0. The van der Waals surface area contributed by atoms with Crippen LogP contribution in [-0.4, -0.2) is 26.2 Å². The quantitative estimate of drug-likeness (QED) is 0.746. The lowest BCUT2D eigenvalue weighted by Crippen LogP contribution is -3.09. The number of benzene rings is 1. The molecule has 0 aromatic heterocycles. The van der Waals surface area contributed by atoms with Gasteiger partial charge in [0, 0.05) is 12.8 Å². The third-order valence-corrected chi connectivity index (χ3v) is 4.09. The van der Waals surface area contributed by atoms with Crippen LogP contribution in [0.25, 0.3) is 0 Å². The van der Waals surface area contributed by atoms with E-state index >= 15 is 0 Å². The summed E-state index contributed by atoms with van der Waals surface area (Å²) in [4.78, 5) is 1.82. The zero-order valence-electron chi connectivity index (χ0n) is 12.5. The Hall–Kier alpha value is -1.02. The molecule has 0 spiro atoms. The van der Waals surface area contributed by atoms with Gasteiger partial charge in [0.15, 0.2) is 0 Å². The molecule has 2 rings (SSSR count). The maximum absolute atomic E-state index is 5.88. The van der Waals surface area contributed by atoms with Crippen molar-refractivity contribution >= 4 is 0 Å². The van der Waals surface area contributed by atoms with E-state index in [0.717, 1.165) is 12.4 Å². The molecule has 1 aliphatic rings. The van der Waals surface area contributed by atoms with Gasteiger partial charge in [-0.25, -0.2) is 0 Å². The molecule has 1 N–H and O–H groups in total. The van der Waals surface area contributed by atoms with E-state index in [1.165, 1.54) is 62.9 Å². The largest absolute Gasteiger partial charge is 0.493 e. The summed E-state index contributed by atoms with van der Waals surface area (Å²) in [6, 6.07) is 6.42. The van der Waals surface area contributed by atoms with Crippen LogP contribution >= 0.6 is 0 Å². The summed E-state index contributed by atoms with van der Waals surface area (Å²) in [5, 5.41) is 0. The topological polar surface area (TPSA) is 13.7 Å².